The number of aliphatic imine (C=N–C) groups is 1. The Morgan fingerprint density at radius 2 is 1.76 bits per heavy atom. The van der Waals surface area contributed by atoms with Gasteiger partial charge in [-0.2, -0.15) is 0 Å². The minimum atomic E-state index is -1.07. The van der Waals surface area contributed by atoms with Crippen LogP contribution in [-0.4, -0.2) is 48.1 Å². The predicted molar refractivity (Wildman–Crippen MR) is 126 cm³/mol. The molecule has 2 N–H and O–H groups in total. The number of ether oxygens (including phenoxy) is 3. The number of hydrogen-bond donors (Lipinski definition) is 2. The van der Waals surface area contributed by atoms with Crippen LogP contribution in [0, 0.1) is 12.8 Å². The van der Waals surface area contributed by atoms with Crippen LogP contribution in [0.15, 0.2) is 53.5 Å². The smallest absolute Gasteiger partial charge is 0.341 e. The molecule has 0 bridgehead atoms. The number of benzene rings is 2. The second-order valence-corrected chi connectivity index (χ2v) is 7.88. The van der Waals surface area contributed by atoms with Crippen molar-refractivity contribution in [3.8, 4) is 17.2 Å². The number of fused-ring (bicyclic) bond motifs is 1. The minimum Gasteiger partial charge on any atom is -0.493 e. The Bertz CT molecular complexity index is 1270. The zero-order chi connectivity index (χ0) is 24.2. The van der Waals surface area contributed by atoms with E-state index in [9.17, 15) is 14.7 Å². The van der Waals surface area contributed by atoms with E-state index in [0.29, 0.717) is 23.7 Å². The van der Waals surface area contributed by atoms with E-state index in [1.54, 1.807) is 18.2 Å². The van der Waals surface area contributed by atoms with Crippen molar-refractivity contribution < 1.29 is 28.9 Å². The van der Waals surface area contributed by atoms with E-state index in [1.807, 2.05) is 37.3 Å². The summed E-state index contributed by atoms with van der Waals surface area (Å²) in [6.45, 7) is 4.01. The second-order valence-electron chi connectivity index (χ2n) is 7.88. The molecule has 0 spiro atoms. The van der Waals surface area contributed by atoms with Gasteiger partial charge in [0, 0.05) is 22.9 Å². The molecule has 2 amide bonds. The van der Waals surface area contributed by atoms with Crippen molar-refractivity contribution in [1.29, 1.82) is 0 Å². The Kier molecular flexibility index (Phi) is 6.62. The average molecular weight is 463 g/mol. The molecule has 3 aromatic rings. The fraction of sp³-hybridized carbons (Fsp3) is 0.280. The topological polar surface area (TPSA) is 119 Å². The first-order chi connectivity index (χ1) is 16.4. The predicted octanol–water partition coefficient (Wildman–Crippen LogP) is 3.94. The van der Waals surface area contributed by atoms with Gasteiger partial charge in [0.1, 0.15) is 24.9 Å². The molecule has 0 radical (unpaired) electrons. The van der Waals surface area contributed by atoms with Crippen molar-refractivity contribution in [3.05, 3.63) is 59.8 Å². The van der Waals surface area contributed by atoms with Gasteiger partial charge < -0.3 is 24.6 Å². The summed E-state index contributed by atoms with van der Waals surface area (Å²) in [6, 6.07) is 13.4. The van der Waals surface area contributed by atoms with Gasteiger partial charge in [-0.1, -0.05) is 18.2 Å². The number of carboxylic acids is 1. The Morgan fingerprint density at radius 1 is 1.03 bits per heavy atom. The fourth-order valence-corrected chi connectivity index (χ4v) is 4.01. The van der Waals surface area contributed by atoms with Gasteiger partial charge in [0.25, 0.3) is 0 Å². The third-order valence-corrected chi connectivity index (χ3v) is 5.56. The molecule has 0 saturated carbocycles. The van der Waals surface area contributed by atoms with E-state index in [1.165, 1.54) is 14.0 Å². The van der Waals surface area contributed by atoms with Crippen LogP contribution in [-0.2, 0) is 4.79 Å². The van der Waals surface area contributed by atoms with Gasteiger partial charge >= 0.3 is 12.0 Å². The average Bonchev–Trinajstić information content (AvgIpc) is 2.80. The molecule has 2 unspecified atom stereocenters. The van der Waals surface area contributed by atoms with Crippen LogP contribution in [0.1, 0.15) is 24.2 Å². The monoisotopic (exact) mass is 463 g/mol. The lowest BCUT2D eigenvalue weighted by molar-refractivity contribution is -0.140. The van der Waals surface area contributed by atoms with Crippen LogP contribution in [0.3, 0.4) is 0 Å². The number of methoxy groups -OCH3 is 1. The maximum absolute atomic E-state index is 11.9. The van der Waals surface area contributed by atoms with Gasteiger partial charge in [-0.05, 0) is 43.7 Å². The number of para-hydroxylation sites is 1. The minimum absolute atomic E-state index is 0.247. The zero-order valence-corrected chi connectivity index (χ0v) is 19.1. The number of nitrogens with one attached hydrogen (secondary N) is 1. The normalized spacial score (nSPS) is 17.6. The van der Waals surface area contributed by atoms with Crippen molar-refractivity contribution in [2.75, 3.05) is 20.3 Å². The molecule has 176 valence electrons. The number of hydrogen-bond acceptors (Lipinski definition) is 6. The van der Waals surface area contributed by atoms with Crippen LogP contribution in [0.25, 0.3) is 10.9 Å². The number of aromatic nitrogens is 1. The summed E-state index contributed by atoms with van der Waals surface area (Å²) in [5.41, 5.74) is 2.55. The van der Waals surface area contributed by atoms with E-state index in [4.69, 9.17) is 14.2 Å². The first-order valence-electron chi connectivity index (χ1n) is 10.8. The van der Waals surface area contributed by atoms with Crippen LogP contribution < -0.4 is 19.5 Å². The number of rotatable bonds is 8. The molecule has 9 nitrogen and oxygen atoms in total. The number of pyridine rings is 1. The van der Waals surface area contributed by atoms with Gasteiger partial charge in [-0.25, -0.2) is 9.79 Å². The van der Waals surface area contributed by atoms with Gasteiger partial charge in [-0.15, -0.1) is 0 Å². The van der Waals surface area contributed by atoms with Crippen LogP contribution in [0.5, 0.6) is 17.2 Å². The number of amides is 2. The molecule has 2 atom stereocenters. The molecule has 0 aliphatic carbocycles. The number of urea groups is 1. The standard InChI is InChI=1S/C25H25N3O6/c1-14-12-20(17-6-4-5-7-18(17)26-14)34-11-10-33-19-9-8-16(13-21(19)32-3)23-22(24(29)30)15(2)27-25(31)28-23/h4-9,12-13,22-23H,10-11H2,1-3H3,(H,28,31)(H,29,30). The maximum atomic E-state index is 11.9. The fourth-order valence-electron chi connectivity index (χ4n) is 4.01. The lowest BCUT2D eigenvalue weighted by atomic mass is 9.88. The van der Waals surface area contributed by atoms with Crippen molar-refractivity contribution in [2.45, 2.75) is 19.9 Å². The molecule has 1 aliphatic rings. The second kappa shape index (κ2) is 9.78. The lowest BCUT2D eigenvalue weighted by Crippen LogP contribution is -2.43. The number of aryl methyl sites for hydroxylation is 1. The van der Waals surface area contributed by atoms with Gasteiger partial charge in [0.05, 0.1) is 18.7 Å². The van der Waals surface area contributed by atoms with Crippen molar-refractivity contribution >= 4 is 28.6 Å². The largest absolute Gasteiger partial charge is 0.493 e. The first-order valence-corrected chi connectivity index (χ1v) is 10.8. The van der Waals surface area contributed by atoms with E-state index >= 15 is 0 Å². The van der Waals surface area contributed by atoms with Crippen molar-refractivity contribution in [1.82, 2.24) is 10.3 Å². The number of carbonyl (C=O) groups is 2. The molecular formula is C25H25N3O6. The molecule has 0 fully saturated rings. The van der Waals surface area contributed by atoms with Crippen LogP contribution >= 0.6 is 0 Å². The molecule has 0 saturated heterocycles. The number of nitrogens with zero attached hydrogens (tertiary/aromatic N) is 2. The van der Waals surface area contributed by atoms with Crippen LogP contribution in [0.2, 0.25) is 0 Å². The van der Waals surface area contributed by atoms with E-state index in [2.05, 4.69) is 15.3 Å². The third-order valence-electron chi connectivity index (χ3n) is 5.56. The molecule has 1 aromatic heterocycles. The summed E-state index contributed by atoms with van der Waals surface area (Å²) < 4.78 is 17.3. The lowest BCUT2D eigenvalue weighted by Gasteiger charge is -2.28. The maximum Gasteiger partial charge on any atom is 0.341 e. The van der Waals surface area contributed by atoms with E-state index in [0.717, 1.165) is 22.3 Å². The Hall–Kier alpha value is -4.14. The summed E-state index contributed by atoms with van der Waals surface area (Å²) in [6.07, 6.45) is 0. The Labute approximate surface area is 196 Å². The molecular weight excluding hydrogens is 438 g/mol. The summed E-state index contributed by atoms with van der Waals surface area (Å²) in [4.78, 5) is 31.9. The van der Waals surface area contributed by atoms with E-state index < -0.39 is 24.0 Å². The zero-order valence-electron chi connectivity index (χ0n) is 19.1. The summed E-state index contributed by atoms with van der Waals surface area (Å²) in [5.74, 6) is -0.409. The highest BCUT2D eigenvalue weighted by Gasteiger charge is 2.37. The van der Waals surface area contributed by atoms with Crippen molar-refractivity contribution in [3.63, 3.8) is 0 Å². The van der Waals surface area contributed by atoms with Crippen LogP contribution in [0.4, 0.5) is 4.79 Å². The van der Waals surface area contributed by atoms with Crippen molar-refractivity contribution in [2.24, 2.45) is 10.9 Å². The molecule has 9 heteroatoms. The highest BCUT2D eigenvalue weighted by Crippen LogP contribution is 2.34. The SMILES string of the molecule is COc1cc(C2NC(=O)N=C(C)C2C(=O)O)ccc1OCCOc1cc(C)nc2ccccc12. The summed E-state index contributed by atoms with van der Waals surface area (Å²) >= 11 is 0. The number of carboxylic acid groups (broad SMARTS) is 1. The molecule has 2 aromatic carbocycles. The highest BCUT2D eigenvalue weighted by atomic mass is 16.5. The molecule has 4 rings (SSSR count). The number of carbonyl (C=O) groups excluding carboxylic acids is 1. The highest BCUT2D eigenvalue weighted by molar-refractivity contribution is 6.07. The first kappa shape index (κ1) is 23.0. The number of aliphatic carboxylic acids is 1. The Balaban J connectivity index is 1.45. The van der Waals surface area contributed by atoms with Gasteiger partial charge in [0.15, 0.2) is 11.5 Å². The summed E-state index contributed by atoms with van der Waals surface area (Å²) in [7, 11) is 1.50. The van der Waals surface area contributed by atoms with E-state index in [-0.39, 0.29) is 12.3 Å². The van der Waals surface area contributed by atoms with Gasteiger partial charge in [0.2, 0.25) is 0 Å². The molecule has 2 heterocycles. The Morgan fingerprint density at radius 3 is 2.50 bits per heavy atom. The molecule has 34 heavy (non-hydrogen) atoms. The van der Waals surface area contributed by atoms with Gasteiger partial charge in [-0.3, -0.25) is 9.78 Å². The quantitative estimate of drug-likeness (QED) is 0.486. The summed E-state index contributed by atoms with van der Waals surface area (Å²) in [5, 5.41) is 13.2. The third kappa shape index (κ3) is 4.78. The molecule has 1 aliphatic heterocycles.